The first kappa shape index (κ1) is 21.7. The van der Waals surface area contributed by atoms with Crippen molar-refractivity contribution in [1.29, 1.82) is 0 Å². The number of anilines is 1. The lowest BCUT2D eigenvalue weighted by Gasteiger charge is -2.22. The molecule has 0 saturated heterocycles. The number of carbonyl (C=O) groups excluding carboxylic acids is 1. The maximum atomic E-state index is 13.3. The Labute approximate surface area is 176 Å². The summed E-state index contributed by atoms with van der Waals surface area (Å²) in [5.74, 6) is -0.988. The second-order valence-electron chi connectivity index (χ2n) is 7.14. The maximum Gasteiger partial charge on any atom is 0.243 e. The molecular weight excluding hydrogens is 403 g/mol. The Balaban J connectivity index is 1.87. The third-order valence-corrected chi connectivity index (χ3v) is 6.28. The molecule has 156 valence electrons. The van der Waals surface area contributed by atoms with Gasteiger partial charge in [0.05, 0.1) is 11.4 Å². The summed E-state index contributed by atoms with van der Waals surface area (Å²) in [5.41, 5.74) is 3.33. The van der Waals surface area contributed by atoms with Crippen molar-refractivity contribution in [3.63, 3.8) is 0 Å². The summed E-state index contributed by atoms with van der Waals surface area (Å²) in [7, 11) is -4.01. The van der Waals surface area contributed by atoms with Crippen molar-refractivity contribution in [2.45, 2.75) is 25.3 Å². The standard InChI is InChI=1S/C23H23FN2O3S/c1-17-12-18(2)14-21(13-17)25-23(27)16-26(15-19-6-4-3-5-7-19)30(28,29)22-10-8-20(24)9-11-22/h3-14H,15-16H2,1-2H3,(H,25,27). The number of nitrogens with one attached hydrogen (secondary N) is 1. The van der Waals surface area contributed by atoms with Crippen LogP contribution in [0.5, 0.6) is 0 Å². The van der Waals surface area contributed by atoms with Gasteiger partial charge in [-0.25, -0.2) is 12.8 Å². The van der Waals surface area contributed by atoms with Crippen molar-refractivity contribution in [3.8, 4) is 0 Å². The molecule has 1 amide bonds. The van der Waals surface area contributed by atoms with Crippen LogP contribution in [-0.4, -0.2) is 25.2 Å². The molecule has 0 spiro atoms. The van der Waals surface area contributed by atoms with Crippen molar-refractivity contribution >= 4 is 21.6 Å². The summed E-state index contributed by atoms with van der Waals surface area (Å²) in [6.07, 6.45) is 0. The minimum atomic E-state index is -4.01. The van der Waals surface area contributed by atoms with Crippen LogP contribution in [0.4, 0.5) is 10.1 Å². The molecule has 3 aromatic rings. The van der Waals surface area contributed by atoms with Crippen LogP contribution in [-0.2, 0) is 21.4 Å². The Morgan fingerprint density at radius 2 is 1.53 bits per heavy atom. The Bertz CT molecular complexity index is 1110. The summed E-state index contributed by atoms with van der Waals surface area (Å²) in [5, 5.41) is 2.77. The van der Waals surface area contributed by atoms with Gasteiger partial charge in [-0.15, -0.1) is 0 Å². The zero-order valence-electron chi connectivity index (χ0n) is 16.8. The second-order valence-corrected chi connectivity index (χ2v) is 9.08. The van der Waals surface area contributed by atoms with E-state index in [1.54, 1.807) is 24.3 Å². The fraction of sp³-hybridized carbons (Fsp3) is 0.174. The van der Waals surface area contributed by atoms with Gasteiger partial charge in [-0.1, -0.05) is 36.4 Å². The SMILES string of the molecule is Cc1cc(C)cc(NC(=O)CN(Cc2ccccc2)S(=O)(=O)c2ccc(F)cc2)c1. The van der Waals surface area contributed by atoms with E-state index in [1.807, 2.05) is 38.1 Å². The van der Waals surface area contributed by atoms with Crippen LogP contribution < -0.4 is 5.32 Å². The van der Waals surface area contributed by atoms with Crippen molar-refractivity contribution in [2.24, 2.45) is 0 Å². The smallest absolute Gasteiger partial charge is 0.243 e. The van der Waals surface area contributed by atoms with Crippen LogP contribution in [0.3, 0.4) is 0 Å². The van der Waals surface area contributed by atoms with Gasteiger partial charge in [0.2, 0.25) is 15.9 Å². The summed E-state index contributed by atoms with van der Waals surface area (Å²) < 4.78 is 40.7. The van der Waals surface area contributed by atoms with Crippen LogP contribution in [0.1, 0.15) is 16.7 Å². The van der Waals surface area contributed by atoms with Crippen molar-refractivity contribution in [3.05, 3.63) is 95.3 Å². The Morgan fingerprint density at radius 1 is 0.933 bits per heavy atom. The number of benzene rings is 3. The molecule has 1 N–H and O–H groups in total. The highest BCUT2D eigenvalue weighted by molar-refractivity contribution is 7.89. The van der Waals surface area contributed by atoms with Gasteiger partial charge in [0.1, 0.15) is 5.82 Å². The van der Waals surface area contributed by atoms with Gasteiger partial charge in [-0.3, -0.25) is 4.79 Å². The minimum absolute atomic E-state index is 0.0147. The summed E-state index contributed by atoms with van der Waals surface area (Å²) in [4.78, 5) is 12.6. The van der Waals surface area contributed by atoms with Gasteiger partial charge in [0.15, 0.2) is 0 Å². The number of carbonyl (C=O) groups is 1. The van der Waals surface area contributed by atoms with Crippen molar-refractivity contribution in [2.75, 3.05) is 11.9 Å². The van der Waals surface area contributed by atoms with Crippen molar-refractivity contribution in [1.82, 2.24) is 4.31 Å². The van der Waals surface area contributed by atoms with E-state index in [-0.39, 0.29) is 18.0 Å². The van der Waals surface area contributed by atoms with E-state index in [2.05, 4.69) is 5.32 Å². The topological polar surface area (TPSA) is 66.5 Å². The lowest BCUT2D eigenvalue weighted by Crippen LogP contribution is -2.37. The quantitative estimate of drug-likeness (QED) is 0.614. The Morgan fingerprint density at radius 3 is 2.13 bits per heavy atom. The highest BCUT2D eigenvalue weighted by Gasteiger charge is 2.27. The molecule has 0 fully saturated rings. The molecule has 5 nitrogen and oxygen atoms in total. The first-order valence-electron chi connectivity index (χ1n) is 9.42. The van der Waals surface area contributed by atoms with Gasteiger partial charge < -0.3 is 5.32 Å². The largest absolute Gasteiger partial charge is 0.325 e. The molecule has 0 radical (unpaired) electrons. The van der Waals surface area contributed by atoms with E-state index in [0.29, 0.717) is 5.69 Å². The fourth-order valence-corrected chi connectivity index (χ4v) is 4.56. The molecule has 0 aliphatic heterocycles. The van der Waals surface area contributed by atoms with Gasteiger partial charge in [-0.05, 0) is 66.9 Å². The van der Waals surface area contributed by atoms with Crippen LogP contribution in [0, 0.1) is 19.7 Å². The molecule has 0 aliphatic rings. The summed E-state index contributed by atoms with van der Waals surface area (Å²) >= 11 is 0. The summed E-state index contributed by atoms with van der Waals surface area (Å²) in [6, 6.07) is 19.2. The average molecular weight is 427 g/mol. The Hall–Kier alpha value is -3.03. The number of halogens is 1. The number of rotatable bonds is 7. The zero-order chi connectivity index (χ0) is 21.7. The zero-order valence-corrected chi connectivity index (χ0v) is 17.6. The van der Waals surface area contributed by atoms with Crippen LogP contribution in [0.25, 0.3) is 0 Å². The highest BCUT2D eigenvalue weighted by Crippen LogP contribution is 2.20. The van der Waals surface area contributed by atoms with E-state index in [4.69, 9.17) is 0 Å². The molecule has 0 saturated carbocycles. The first-order chi connectivity index (χ1) is 14.2. The van der Waals surface area contributed by atoms with Crippen LogP contribution in [0.15, 0.2) is 77.7 Å². The first-order valence-corrected chi connectivity index (χ1v) is 10.9. The second kappa shape index (κ2) is 9.19. The van der Waals surface area contributed by atoms with Gasteiger partial charge in [0, 0.05) is 12.2 Å². The van der Waals surface area contributed by atoms with E-state index in [1.165, 1.54) is 12.1 Å². The van der Waals surface area contributed by atoms with E-state index >= 15 is 0 Å². The molecule has 30 heavy (non-hydrogen) atoms. The number of sulfonamides is 1. The average Bonchev–Trinajstić information content (AvgIpc) is 2.68. The van der Waals surface area contributed by atoms with Gasteiger partial charge >= 0.3 is 0 Å². The fourth-order valence-electron chi connectivity index (χ4n) is 3.18. The number of aryl methyl sites for hydroxylation is 2. The molecule has 0 unspecified atom stereocenters. The predicted octanol–water partition coefficient (Wildman–Crippen LogP) is 4.27. The molecule has 0 atom stereocenters. The third-order valence-electron chi connectivity index (χ3n) is 4.48. The normalized spacial score (nSPS) is 11.5. The molecule has 3 aromatic carbocycles. The van der Waals surface area contributed by atoms with Crippen molar-refractivity contribution < 1.29 is 17.6 Å². The van der Waals surface area contributed by atoms with Gasteiger partial charge in [0.25, 0.3) is 0 Å². The molecule has 0 heterocycles. The summed E-state index contributed by atoms with van der Waals surface area (Å²) in [6.45, 7) is 3.48. The predicted molar refractivity (Wildman–Crippen MR) is 115 cm³/mol. The number of nitrogens with zero attached hydrogens (tertiary/aromatic N) is 1. The molecule has 0 aliphatic carbocycles. The molecule has 0 aromatic heterocycles. The monoisotopic (exact) mass is 426 g/mol. The highest BCUT2D eigenvalue weighted by atomic mass is 32.2. The molecular formula is C23H23FN2O3S. The molecule has 3 rings (SSSR count). The third kappa shape index (κ3) is 5.52. The maximum absolute atomic E-state index is 13.3. The molecule has 7 heteroatoms. The van der Waals surface area contributed by atoms with Crippen LogP contribution in [0.2, 0.25) is 0 Å². The number of hydrogen-bond acceptors (Lipinski definition) is 3. The minimum Gasteiger partial charge on any atom is -0.325 e. The number of hydrogen-bond donors (Lipinski definition) is 1. The van der Waals surface area contributed by atoms with E-state index in [9.17, 15) is 17.6 Å². The van der Waals surface area contributed by atoms with Gasteiger partial charge in [-0.2, -0.15) is 4.31 Å². The molecule has 0 bridgehead atoms. The number of amides is 1. The van der Waals surface area contributed by atoms with E-state index < -0.39 is 21.7 Å². The van der Waals surface area contributed by atoms with Crippen LogP contribution >= 0.6 is 0 Å². The lowest BCUT2D eigenvalue weighted by molar-refractivity contribution is -0.116. The lowest BCUT2D eigenvalue weighted by atomic mass is 10.1. The van der Waals surface area contributed by atoms with E-state index in [0.717, 1.165) is 33.1 Å². The Kier molecular flexibility index (Phi) is 6.64.